The number of carbonyl (C=O) groups is 1. The van der Waals surface area contributed by atoms with Crippen molar-refractivity contribution >= 4 is 15.9 Å². The summed E-state index contributed by atoms with van der Waals surface area (Å²) in [5.41, 5.74) is 6.29. The van der Waals surface area contributed by atoms with E-state index < -0.39 is 15.8 Å². The van der Waals surface area contributed by atoms with Gasteiger partial charge in [0.1, 0.15) is 5.82 Å². The number of hydrogen-bond acceptors (Lipinski definition) is 4. The van der Waals surface area contributed by atoms with Crippen LogP contribution in [0.15, 0.2) is 29.2 Å². The summed E-state index contributed by atoms with van der Waals surface area (Å²) in [7, 11) is -3.69. The summed E-state index contributed by atoms with van der Waals surface area (Å²) in [4.78, 5) is 14.8. The number of nitrogens with zero attached hydrogens (tertiary/aromatic N) is 1. The SMILES string of the molecule is NC1C2CCC(C2)C1C(=O)N1CCC(NS(=O)(=O)c2ccc(F)cc2)CC1. The largest absolute Gasteiger partial charge is 0.342 e. The van der Waals surface area contributed by atoms with Crippen molar-refractivity contribution in [2.75, 3.05) is 13.1 Å². The number of carbonyl (C=O) groups excluding carboxylic acids is 1. The van der Waals surface area contributed by atoms with Crippen molar-refractivity contribution < 1.29 is 17.6 Å². The molecule has 1 aromatic rings. The van der Waals surface area contributed by atoms with Crippen LogP contribution in [0.2, 0.25) is 0 Å². The molecule has 0 aromatic heterocycles. The molecule has 2 saturated carbocycles. The Bertz CT molecular complexity index is 804. The maximum absolute atomic E-state index is 13.0. The molecular formula is C19H26FN3O3S. The fourth-order valence-electron chi connectivity index (χ4n) is 5.03. The third-order valence-corrected chi connectivity index (χ3v) is 8.05. The van der Waals surface area contributed by atoms with E-state index in [4.69, 9.17) is 5.73 Å². The molecule has 148 valence electrons. The molecule has 3 aliphatic rings. The predicted molar refractivity (Wildman–Crippen MR) is 98.6 cm³/mol. The number of nitrogens with one attached hydrogen (secondary N) is 1. The van der Waals surface area contributed by atoms with Crippen LogP contribution in [0.4, 0.5) is 4.39 Å². The van der Waals surface area contributed by atoms with Gasteiger partial charge in [-0.25, -0.2) is 17.5 Å². The van der Waals surface area contributed by atoms with E-state index in [1.165, 1.54) is 12.1 Å². The Labute approximate surface area is 159 Å². The van der Waals surface area contributed by atoms with E-state index in [9.17, 15) is 17.6 Å². The van der Waals surface area contributed by atoms with Crippen molar-refractivity contribution in [1.82, 2.24) is 9.62 Å². The van der Waals surface area contributed by atoms with E-state index >= 15 is 0 Å². The maximum atomic E-state index is 13.0. The molecule has 0 spiro atoms. The zero-order valence-electron chi connectivity index (χ0n) is 15.2. The molecule has 1 amide bonds. The maximum Gasteiger partial charge on any atom is 0.240 e. The van der Waals surface area contributed by atoms with Crippen molar-refractivity contribution in [3.05, 3.63) is 30.1 Å². The molecule has 3 N–H and O–H groups in total. The minimum Gasteiger partial charge on any atom is -0.342 e. The summed E-state index contributed by atoms with van der Waals surface area (Å²) in [6, 6.07) is 4.53. The quantitative estimate of drug-likeness (QED) is 0.807. The highest BCUT2D eigenvalue weighted by molar-refractivity contribution is 7.89. The summed E-state index contributed by atoms with van der Waals surface area (Å²) >= 11 is 0. The second-order valence-corrected chi connectivity index (χ2v) is 9.83. The average molecular weight is 396 g/mol. The molecule has 4 atom stereocenters. The van der Waals surface area contributed by atoms with Crippen LogP contribution >= 0.6 is 0 Å². The van der Waals surface area contributed by atoms with Crippen molar-refractivity contribution in [1.29, 1.82) is 0 Å². The van der Waals surface area contributed by atoms with Gasteiger partial charge in [0.15, 0.2) is 0 Å². The van der Waals surface area contributed by atoms with Crippen LogP contribution in [0, 0.1) is 23.6 Å². The number of halogens is 1. The number of nitrogens with two attached hydrogens (primary N) is 1. The average Bonchev–Trinajstić information content (AvgIpc) is 3.23. The normalized spacial score (nSPS) is 31.4. The zero-order valence-corrected chi connectivity index (χ0v) is 16.0. The van der Waals surface area contributed by atoms with Gasteiger partial charge in [-0.3, -0.25) is 4.79 Å². The Hall–Kier alpha value is -1.51. The van der Waals surface area contributed by atoms with Crippen LogP contribution in [-0.2, 0) is 14.8 Å². The summed E-state index contributed by atoms with van der Waals surface area (Å²) in [6.07, 6.45) is 4.46. The number of piperidine rings is 1. The molecule has 1 saturated heterocycles. The van der Waals surface area contributed by atoms with Crippen LogP contribution in [0.3, 0.4) is 0 Å². The second kappa shape index (κ2) is 7.14. The van der Waals surface area contributed by atoms with E-state index in [2.05, 4.69) is 4.72 Å². The number of benzene rings is 1. The topological polar surface area (TPSA) is 92.5 Å². The number of fused-ring (bicyclic) bond motifs is 2. The zero-order chi connectivity index (χ0) is 19.2. The van der Waals surface area contributed by atoms with Gasteiger partial charge in [-0.2, -0.15) is 0 Å². The first-order valence-corrected chi connectivity index (χ1v) is 11.2. The lowest BCUT2D eigenvalue weighted by Gasteiger charge is -2.37. The van der Waals surface area contributed by atoms with E-state index in [-0.39, 0.29) is 28.8 Å². The van der Waals surface area contributed by atoms with Crippen molar-refractivity contribution in [3.63, 3.8) is 0 Å². The van der Waals surface area contributed by atoms with E-state index in [0.29, 0.717) is 37.8 Å². The lowest BCUT2D eigenvalue weighted by Crippen LogP contribution is -2.51. The molecule has 0 radical (unpaired) electrons. The van der Waals surface area contributed by atoms with Gasteiger partial charge < -0.3 is 10.6 Å². The first kappa shape index (κ1) is 18.8. The van der Waals surface area contributed by atoms with Gasteiger partial charge in [0, 0.05) is 25.2 Å². The van der Waals surface area contributed by atoms with Crippen molar-refractivity contribution in [2.24, 2.45) is 23.5 Å². The summed E-state index contributed by atoms with van der Waals surface area (Å²) in [5.74, 6) is 0.529. The number of likely N-dealkylation sites (tertiary alicyclic amines) is 1. The Morgan fingerprint density at radius 1 is 1.07 bits per heavy atom. The number of hydrogen-bond donors (Lipinski definition) is 2. The van der Waals surface area contributed by atoms with Gasteiger partial charge in [0.25, 0.3) is 0 Å². The molecule has 4 rings (SSSR count). The molecule has 1 aliphatic heterocycles. The molecule has 2 aliphatic carbocycles. The first-order chi connectivity index (χ1) is 12.8. The van der Waals surface area contributed by atoms with Crippen LogP contribution in [0.1, 0.15) is 32.1 Å². The highest BCUT2D eigenvalue weighted by Gasteiger charge is 2.50. The highest BCUT2D eigenvalue weighted by atomic mass is 32.2. The van der Waals surface area contributed by atoms with Crippen molar-refractivity contribution in [2.45, 2.75) is 49.1 Å². The van der Waals surface area contributed by atoms with Gasteiger partial charge in [-0.05, 0) is 68.2 Å². The lowest BCUT2D eigenvalue weighted by molar-refractivity contribution is -0.138. The van der Waals surface area contributed by atoms with E-state index in [1.807, 2.05) is 4.90 Å². The Morgan fingerprint density at radius 3 is 2.30 bits per heavy atom. The molecule has 3 fully saturated rings. The Kier molecular flexibility index (Phi) is 4.98. The van der Waals surface area contributed by atoms with Crippen LogP contribution in [-0.4, -0.2) is 44.4 Å². The minimum atomic E-state index is -3.69. The van der Waals surface area contributed by atoms with E-state index in [1.54, 1.807) is 0 Å². The molecule has 1 heterocycles. The van der Waals surface area contributed by atoms with Gasteiger partial charge >= 0.3 is 0 Å². The number of sulfonamides is 1. The number of rotatable bonds is 4. The molecule has 6 nitrogen and oxygen atoms in total. The van der Waals surface area contributed by atoms with Gasteiger partial charge in [-0.1, -0.05) is 0 Å². The summed E-state index contributed by atoms with van der Waals surface area (Å²) in [6.45, 7) is 1.08. The fraction of sp³-hybridized carbons (Fsp3) is 0.632. The molecule has 2 bridgehead atoms. The molecule has 27 heavy (non-hydrogen) atoms. The predicted octanol–water partition coefficient (Wildman–Crippen LogP) is 1.47. The summed E-state index contributed by atoms with van der Waals surface area (Å²) in [5, 5.41) is 0. The minimum absolute atomic E-state index is 0.0223. The highest BCUT2D eigenvalue weighted by Crippen LogP contribution is 2.48. The standard InChI is InChI=1S/C19H26FN3O3S/c20-14-3-5-16(6-4-14)27(25,26)22-15-7-9-23(10-8-15)19(24)17-12-1-2-13(11-12)18(17)21/h3-6,12-13,15,17-18,22H,1-2,7-11,21H2. The molecule has 8 heteroatoms. The molecular weight excluding hydrogens is 369 g/mol. The third kappa shape index (κ3) is 3.62. The van der Waals surface area contributed by atoms with Crippen LogP contribution in [0.5, 0.6) is 0 Å². The van der Waals surface area contributed by atoms with Crippen molar-refractivity contribution in [3.8, 4) is 0 Å². The van der Waals surface area contributed by atoms with Gasteiger partial charge in [0.05, 0.1) is 10.8 Å². The lowest BCUT2D eigenvalue weighted by atomic mass is 9.83. The van der Waals surface area contributed by atoms with Gasteiger partial charge in [-0.15, -0.1) is 0 Å². The van der Waals surface area contributed by atoms with E-state index in [0.717, 1.165) is 31.4 Å². The second-order valence-electron chi connectivity index (χ2n) is 8.11. The van der Waals surface area contributed by atoms with Crippen LogP contribution in [0.25, 0.3) is 0 Å². The first-order valence-electron chi connectivity index (χ1n) is 9.67. The monoisotopic (exact) mass is 395 g/mol. The third-order valence-electron chi connectivity index (χ3n) is 6.52. The Morgan fingerprint density at radius 2 is 1.70 bits per heavy atom. The van der Waals surface area contributed by atoms with Crippen LogP contribution < -0.4 is 10.5 Å². The summed E-state index contributed by atoms with van der Waals surface area (Å²) < 4.78 is 40.6. The fourth-order valence-corrected chi connectivity index (χ4v) is 6.34. The smallest absolute Gasteiger partial charge is 0.240 e. The number of amides is 1. The Balaban J connectivity index is 1.34. The molecule has 1 aromatic carbocycles. The molecule has 4 unspecified atom stereocenters. The van der Waals surface area contributed by atoms with Gasteiger partial charge in [0.2, 0.25) is 15.9 Å².